The molecule has 0 fully saturated rings. The van der Waals surface area contributed by atoms with E-state index in [1.807, 2.05) is 54.6 Å². The number of para-hydroxylation sites is 1. The first-order chi connectivity index (χ1) is 24.2. The molecule has 2 aromatic heterocycles. The number of hydrogen-bond donors (Lipinski definition) is 0. The molecule has 230 valence electrons. The van der Waals surface area contributed by atoms with Crippen LogP contribution in [0.3, 0.4) is 0 Å². The molecule has 0 amide bonds. The average Bonchev–Trinajstić information content (AvgIpc) is 3.57. The third-order valence-electron chi connectivity index (χ3n) is 8.95. The van der Waals surface area contributed by atoms with E-state index in [9.17, 15) is 0 Å². The van der Waals surface area contributed by atoms with Gasteiger partial charge in [0.25, 0.3) is 0 Å². The fourth-order valence-corrected chi connectivity index (χ4v) is 6.42. The summed E-state index contributed by atoms with van der Waals surface area (Å²) in [6.45, 7) is 0. The van der Waals surface area contributed by atoms with Crippen LogP contribution in [0, 0.1) is 0 Å². The molecular weight excluding hydrogens is 599 g/mol. The lowest BCUT2D eigenvalue weighted by Gasteiger charge is -2.11. The Bertz CT molecular complexity index is 2590. The van der Waals surface area contributed by atoms with Crippen molar-refractivity contribution in [3.8, 4) is 67.5 Å². The molecule has 0 aliphatic rings. The highest BCUT2D eigenvalue weighted by Gasteiger charge is 2.15. The number of rotatable bonds is 6. The monoisotopic (exact) mass is 627 g/mol. The van der Waals surface area contributed by atoms with Gasteiger partial charge in [0.2, 0.25) is 0 Å². The summed E-state index contributed by atoms with van der Waals surface area (Å²) >= 11 is 0. The van der Waals surface area contributed by atoms with Crippen molar-refractivity contribution in [2.75, 3.05) is 0 Å². The molecule has 0 saturated carbocycles. The highest BCUT2D eigenvalue weighted by atomic mass is 16.3. The van der Waals surface area contributed by atoms with Gasteiger partial charge in [0.1, 0.15) is 11.2 Å². The Morgan fingerprint density at radius 2 is 0.673 bits per heavy atom. The van der Waals surface area contributed by atoms with Gasteiger partial charge in [-0.1, -0.05) is 146 Å². The van der Waals surface area contributed by atoms with Crippen LogP contribution in [0.4, 0.5) is 0 Å². The van der Waals surface area contributed by atoms with Crippen molar-refractivity contribution >= 4 is 21.9 Å². The van der Waals surface area contributed by atoms with Crippen LogP contribution in [0.15, 0.2) is 180 Å². The van der Waals surface area contributed by atoms with Crippen LogP contribution in [0.2, 0.25) is 0 Å². The summed E-state index contributed by atoms with van der Waals surface area (Å²) in [6, 6.07) is 60.5. The molecular formula is C45H29N3O. The highest BCUT2D eigenvalue weighted by Crippen LogP contribution is 2.34. The van der Waals surface area contributed by atoms with E-state index in [1.54, 1.807) is 0 Å². The number of furan rings is 1. The minimum absolute atomic E-state index is 0.619. The summed E-state index contributed by atoms with van der Waals surface area (Å²) < 4.78 is 6.19. The molecule has 0 unspecified atom stereocenters. The van der Waals surface area contributed by atoms with E-state index in [1.165, 1.54) is 11.1 Å². The van der Waals surface area contributed by atoms with Crippen molar-refractivity contribution in [1.29, 1.82) is 0 Å². The molecule has 0 aliphatic carbocycles. The van der Waals surface area contributed by atoms with E-state index >= 15 is 0 Å². The molecule has 49 heavy (non-hydrogen) atoms. The number of fused-ring (bicyclic) bond motifs is 3. The van der Waals surface area contributed by atoms with Gasteiger partial charge >= 0.3 is 0 Å². The molecule has 0 spiro atoms. The summed E-state index contributed by atoms with van der Waals surface area (Å²) in [5.74, 6) is 1.88. The Balaban J connectivity index is 1.11. The molecule has 2 heterocycles. The molecule has 4 heteroatoms. The first kappa shape index (κ1) is 28.6. The molecule has 0 bridgehead atoms. The molecule has 0 aliphatic heterocycles. The second-order valence-electron chi connectivity index (χ2n) is 12.1. The van der Waals surface area contributed by atoms with Crippen molar-refractivity contribution in [2.24, 2.45) is 0 Å². The second-order valence-corrected chi connectivity index (χ2v) is 12.1. The molecule has 4 nitrogen and oxygen atoms in total. The van der Waals surface area contributed by atoms with E-state index in [4.69, 9.17) is 19.4 Å². The van der Waals surface area contributed by atoms with E-state index in [-0.39, 0.29) is 0 Å². The number of nitrogens with zero attached hydrogens (tertiary/aromatic N) is 3. The van der Waals surface area contributed by atoms with Crippen LogP contribution in [-0.4, -0.2) is 15.0 Å². The van der Waals surface area contributed by atoms with Gasteiger partial charge in [-0.3, -0.25) is 0 Å². The van der Waals surface area contributed by atoms with Gasteiger partial charge in [0.05, 0.1) is 0 Å². The van der Waals surface area contributed by atoms with Crippen molar-refractivity contribution < 1.29 is 4.42 Å². The third kappa shape index (κ3) is 5.56. The lowest BCUT2D eigenvalue weighted by molar-refractivity contribution is 0.669. The summed E-state index contributed by atoms with van der Waals surface area (Å²) in [7, 11) is 0. The molecule has 0 saturated heterocycles. The zero-order chi connectivity index (χ0) is 32.6. The van der Waals surface area contributed by atoms with Crippen LogP contribution in [0.5, 0.6) is 0 Å². The standard InChI is InChI=1S/C45H29N3O/c1-3-11-30(12-4-1)31-21-23-32(24-22-31)34-15-9-17-37(27-34)44-46-43(33-13-5-2-6-14-33)47-45(48-44)38-18-10-16-35(28-38)36-25-26-40-39-19-7-8-20-41(39)49-42(40)29-36/h1-29H. The van der Waals surface area contributed by atoms with Crippen molar-refractivity contribution in [3.05, 3.63) is 176 Å². The Kier molecular flexibility index (Phi) is 7.10. The van der Waals surface area contributed by atoms with Gasteiger partial charge in [-0.25, -0.2) is 15.0 Å². The molecule has 9 aromatic rings. The third-order valence-corrected chi connectivity index (χ3v) is 8.95. The Morgan fingerprint density at radius 3 is 1.33 bits per heavy atom. The van der Waals surface area contributed by atoms with E-state index < -0.39 is 0 Å². The number of aromatic nitrogens is 3. The van der Waals surface area contributed by atoms with Crippen LogP contribution in [-0.2, 0) is 0 Å². The SMILES string of the molecule is c1ccc(-c2ccc(-c3cccc(-c4nc(-c5ccccc5)nc(-c5cccc(-c6ccc7c(c6)oc6ccccc67)c5)n4)c3)cc2)cc1. The van der Waals surface area contributed by atoms with Crippen LogP contribution in [0.1, 0.15) is 0 Å². The smallest absolute Gasteiger partial charge is 0.164 e. The normalized spacial score (nSPS) is 11.3. The molecule has 0 atom stereocenters. The largest absolute Gasteiger partial charge is 0.456 e. The zero-order valence-electron chi connectivity index (χ0n) is 26.5. The van der Waals surface area contributed by atoms with Crippen LogP contribution in [0.25, 0.3) is 89.5 Å². The molecule has 9 rings (SSSR count). The van der Waals surface area contributed by atoms with Gasteiger partial charge in [0.15, 0.2) is 17.5 Å². The minimum Gasteiger partial charge on any atom is -0.456 e. The summed E-state index contributed by atoms with van der Waals surface area (Å²) in [4.78, 5) is 15.0. The van der Waals surface area contributed by atoms with Gasteiger partial charge < -0.3 is 4.42 Å². The van der Waals surface area contributed by atoms with E-state index in [0.717, 1.165) is 60.9 Å². The van der Waals surface area contributed by atoms with Crippen molar-refractivity contribution in [2.45, 2.75) is 0 Å². The van der Waals surface area contributed by atoms with Crippen molar-refractivity contribution in [3.63, 3.8) is 0 Å². The van der Waals surface area contributed by atoms with Gasteiger partial charge in [-0.15, -0.1) is 0 Å². The lowest BCUT2D eigenvalue weighted by atomic mass is 9.99. The minimum atomic E-state index is 0.619. The Morgan fingerprint density at radius 1 is 0.265 bits per heavy atom. The highest BCUT2D eigenvalue weighted by molar-refractivity contribution is 6.05. The fourth-order valence-electron chi connectivity index (χ4n) is 6.42. The first-order valence-electron chi connectivity index (χ1n) is 16.4. The number of hydrogen-bond acceptors (Lipinski definition) is 4. The summed E-state index contributed by atoms with van der Waals surface area (Å²) in [5.41, 5.74) is 11.3. The maximum atomic E-state index is 6.19. The van der Waals surface area contributed by atoms with Crippen LogP contribution < -0.4 is 0 Å². The Hall–Kier alpha value is -6.65. The predicted octanol–water partition coefficient (Wildman–Crippen LogP) is 11.8. The van der Waals surface area contributed by atoms with E-state index in [0.29, 0.717) is 17.5 Å². The second kappa shape index (κ2) is 12.2. The number of benzene rings is 7. The van der Waals surface area contributed by atoms with Gasteiger partial charge in [0, 0.05) is 27.5 Å². The summed E-state index contributed by atoms with van der Waals surface area (Å²) in [6.07, 6.45) is 0. The van der Waals surface area contributed by atoms with Gasteiger partial charge in [-0.05, 0) is 63.7 Å². The fraction of sp³-hybridized carbons (Fsp3) is 0. The quantitative estimate of drug-likeness (QED) is 0.184. The van der Waals surface area contributed by atoms with Crippen molar-refractivity contribution in [1.82, 2.24) is 15.0 Å². The first-order valence-corrected chi connectivity index (χ1v) is 16.4. The Labute approximate surface area is 284 Å². The topological polar surface area (TPSA) is 51.8 Å². The lowest BCUT2D eigenvalue weighted by Crippen LogP contribution is -2.00. The predicted molar refractivity (Wildman–Crippen MR) is 200 cm³/mol. The molecule has 0 radical (unpaired) electrons. The maximum absolute atomic E-state index is 6.19. The zero-order valence-corrected chi connectivity index (χ0v) is 26.5. The molecule has 0 N–H and O–H groups in total. The van der Waals surface area contributed by atoms with Gasteiger partial charge in [-0.2, -0.15) is 0 Å². The average molecular weight is 628 g/mol. The summed E-state index contributed by atoms with van der Waals surface area (Å²) in [5, 5.41) is 2.23. The van der Waals surface area contributed by atoms with E-state index in [2.05, 4.69) is 121 Å². The van der Waals surface area contributed by atoms with Crippen LogP contribution >= 0.6 is 0 Å². The molecule has 7 aromatic carbocycles. The maximum Gasteiger partial charge on any atom is 0.164 e.